The molecule has 3 heteroatoms. The molecule has 0 aromatic rings. The maximum Gasteiger partial charge on any atom is 0.102 e. The van der Waals surface area contributed by atoms with E-state index in [0.29, 0.717) is 0 Å². The predicted octanol–water partition coefficient (Wildman–Crippen LogP) is 3.48. The van der Waals surface area contributed by atoms with Crippen molar-refractivity contribution in [3.63, 3.8) is 0 Å². The maximum absolute atomic E-state index is 5.33. The number of hydrogen-bond donors (Lipinski definition) is 0. The number of hydrogen-bond acceptors (Lipinski definition) is 2. The van der Waals surface area contributed by atoms with Crippen LogP contribution in [0.5, 0.6) is 0 Å². The zero-order valence-electron chi connectivity index (χ0n) is 13.7. The van der Waals surface area contributed by atoms with E-state index in [1.807, 2.05) is 14.2 Å². The van der Waals surface area contributed by atoms with E-state index in [1.54, 1.807) is 0 Å². The molecule has 3 nitrogen and oxygen atoms in total. The van der Waals surface area contributed by atoms with Crippen molar-refractivity contribution in [2.45, 2.75) is 52.4 Å². The van der Waals surface area contributed by atoms with Crippen molar-refractivity contribution < 1.29 is 14.0 Å². The van der Waals surface area contributed by atoms with E-state index in [-0.39, 0.29) is 0 Å². The molecule has 0 amide bonds. The van der Waals surface area contributed by atoms with Crippen LogP contribution in [0.1, 0.15) is 52.4 Å². The molecule has 0 spiro atoms. The number of quaternary nitrogens is 1. The molecular weight excluding hydrogens is 238 g/mol. The Morgan fingerprint density at radius 2 is 1.05 bits per heavy atom. The van der Waals surface area contributed by atoms with Gasteiger partial charge in [0.1, 0.15) is 13.1 Å². The van der Waals surface area contributed by atoms with Gasteiger partial charge in [0.15, 0.2) is 0 Å². The first-order valence-corrected chi connectivity index (χ1v) is 8.07. The number of unbranched alkanes of at least 4 members (excludes halogenated alkanes) is 4. The molecule has 0 bridgehead atoms. The molecule has 116 valence electrons. The summed E-state index contributed by atoms with van der Waals surface area (Å²) in [5.41, 5.74) is 0. The van der Waals surface area contributed by atoms with Gasteiger partial charge < -0.3 is 14.0 Å². The van der Waals surface area contributed by atoms with Crippen LogP contribution in [0.3, 0.4) is 0 Å². The van der Waals surface area contributed by atoms with Crippen molar-refractivity contribution in [3.05, 3.63) is 0 Å². The lowest BCUT2D eigenvalue weighted by Crippen LogP contribution is -2.53. The van der Waals surface area contributed by atoms with Gasteiger partial charge in [-0.1, -0.05) is 26.7 Å². The Bertz CT molecular complexity index is 166. The fourth-order valence-corrected chi connectivity index (χ4v) is 2.64. The molecule has 0 rings (SSSR count). The summed E-state index contributed by atoms with van der Waals surface area (Å²) in [6.45, 7) is 11.1. The minimum Gasteiger partial charge on any atom is -0.379 e. The molecule has 0 aliphatic heterocycles. The van der Waals surface area contributed by atoms with Crippen LogP contribution in [0.25, 0.3) is 0 Å². The highest BCUT2D eigenvalue weighted by Crippen LogP contribution is 2.14. The molecule has 0 saturated heterocycles. The highest BCUT2D eigenvalue weighted by Gasteiger charge is 2.25. The third-order valence-corrected chi connectivity index (χ3v) is 4.01. The van der Waals surface area contributed by atoms with Crippen LogP contribution in [0.15, 0.2) is 0 Å². The fourth-order valence-electron chi connectivity index (χ4n) is 2.64. The molecule has 0 saturated carbocycles. The Labute approximate surface area is 120 Å². The number of rotatable bonds is 14. The summed E-state index contributed by atoms with van der Waals surface area (Å²) < 4.78 is 11.8. The summed E-state index contributed by atoms with van der Waals surface area (Å²) in [4.78, 5) is 0. The first-order chi connectivity index (χ1) is 9.24. The van der Waals surface area contributed by atoms with Crippen molar-refractivity contribution in [1.29, 1.82) is 0 Å². The Balaban J connectivity index is 4.44. The number of methoxy groups -OCH3 is 2. The predicted molar refractivity (Wildman–Crippen MR) is 82.5 cm³/mol. The number of nitrogens with zero attached hydrogens (tertiary/aromatic N) is 1. The summed E-state index contributed by atoms with van der Waals surface area (Å²) in [7, 11) is 3.62. The van der Waals surface area contributed by atoms with Gasteiger partial charge in [0.25, 0.3) is 0 Å². The summed E-state index contributed by atoms with van der Waals surface area (Å²) >= 11 is 0. The molecule has 0 aromatic carbocycles. The molecule has 19 heavy (non-hydrogen) atoms. The van der Waals surface area contributed by atoms with Gasteiger partial charge in [-0.05, 0) is 25.7 Å². The molecule has 0 heterocycles. The van der Waals surface area contributed by atoms with Crippen LogP contribution < -0.4 is 0 Å². The average Bonchev–Trinajstić information content (AvgIpc) is 2.43. The first-order valence-electron chi connectivity index (χ1n) is 8.07. The first kappa shape index (κ1) is 18.9. The van der Waals surface area contributed by atoms with E-state index in [4.69, 9.17) is 9.47 Å². The topological polar surface area (TPSA) is 18.5 Å². The van der Waals surface area contributed by atoms with Gasteiger partial charge in [0.2, 0.25) is 0 Å². The highest BCUT2D eigenvalue weighted by atomic mass is 16.5. The van der Waals surface area contributed by atoms with Gasteiger partial charge >= 0.3 is 0 Å². The highest BCUT2D eigenvalue weighted by molar-refractivity contribution is 4.49. The summed E-state index contributed by atoms with van der Waals surface area (Å²) in [6, 6.07) is 0. The smallest absolute Gasteiger partial charge is 0.102 e. The molecule has 0 unspecified atom stereocenters. The minimum absolute atomic E-state index is 0.863. The SMILES string of the molecule is CCCCC[N+](CCCCC)(CCOC)CCOC. The van der Waals surface area contributed by atoms with Gasteiger partial charge in [-0.15, -0.1) is 0 Å². The molecule has 0 radical (unpaired) electrons. The largest absolute Gasteiger partial charge is 0.379 e. The summed E-state index contributed by atoms with van der Waals surface area (Å²) in [6.07, 6.45) is 7.93. The second kappa shape index (κ2) is 12.9. The normalized spacial score (nSPS) is 12.0. The molecule has 0 aromatic heterocycles. The Hall–Kier alpha value is -0.120. The van der Waals surface area contributed by atoms with Gasteiger partial charge in [0, 0.05) is 14.2 Å². The molecule has 0 atom stereocenters. The van der Waals surface area contributed by atoms with Crippen LogP contribution in [-0.2, 0) is 9.47 Å². The Kier molecular flexibility index (Phi) is 12.8. The van der Waals surface area contributed by atoms with E-state index < -0.39 is 0 Å². The lowest BCUT2D eigenvalue weighted by atomic mass is 10.1. The van der Waals surface area contributed by atoms with Crippen molar-refractivity contribution in [2.24, 2.45) is 0 Å². The second-order valence-electron chi connectivity index (χ2n) is 5.64. The average molecular weight is 274 g/mol. The molecule has 0 aliphatic carbocycles. The maximum atomic E-state index is 5.33. The third-order valence-electron chi connectivity index (χ3n) is 4.01. The summed E-state index contributed by atoms with van der Waals surface area (Å²) in [5, 5.41) is 0. The van der Waals surface area contributed by atoms with Crippen LogP contribution >= 0.6 is 0 Å². The monoisotopic (exact) mass is 274 g/mol. The minimum atomic E-state index is 0.863. The van der Waals surface area contributed by atoms with Gasteiger partial charge in [-0.3, -0.25) is 0 Å². The quantitative estimate of drug-likeness (QED) is 0.357. The van der Waals surface area contributed by atoms with E-state index in [9.17, 15) is 0 Å². The third kappa shape index (κ3) is 9.42. The van der Waals surface area contributed by atoms with E-state index in [2.05, 4.69) is 13.8 Å². The molecule has 0 N–H and O–H groups in total. The van der Waals surface area contributed by atoms with Crippen molar-refractivity contribution in [3.8, 4) is 0 Å². The molecule has 0 aliphatic rings. The van der Waals surface area contributed by atoms with E-state index in [0.717, 1.165) is 26.3 Å². The zero-order valence-corrected chi connectivity index (χ0v) is 13.7. The standard InChI is InChI=1S/C16H36NO2/c1-5-7-9-11-17(13-15-18-3,14-16-19-4)12-10-8-6-2/h5-16H2,1-4H3/q+1. The Morgan fingerprint density at radius 1 is 0.632 bits per heavy atom. The van der Waals surface area contributed by atoms with E-state index >= 15 is 0 Å². The zero-order chi connectivity index (χ0) is 14.4. The van der Waals surface area contributed by atoms with Crippen LogP contribution in [0.4, 0.5) is 0 Å². The molecule has 0 fully saturated rings. The van der Waals surface area contributed by atoms with Crippen molar-refractivity contribution in [1.82, 2.24) is 0 Å². The second-order valence-corrected chi connectivity index (χ2v) is 5.64. The van der Waals surface area contributed by atoms with Crippen LogP contribution in [-0.4, -0.2) is 58.1 Å². The number of ether oxygens (including phenoxy) is 2. The van der Waals surface area contributed by atoms with Gasteiger partial charge in [-0.2, -0.15) is 0 Å². The lowest BCUT2D eigenvalue weighted by Gasteiger charge is -2.39. The van der Waals surface area contributed by atoms with Crippen molar-refractivity contribution >= 4 is 0 Å². The van der Waals surface area contributed by atoms with Crippen LogP contribution in [0.2, 0.25) is 0 Å². The van der Waals surface area contributed by atoms with Crippen LogP contribution in [0, 0.1) is 0 Å². The Morgan fingerprint density at radius 3 is 1.37 bits per heavy atom. The van der Waals surface area contributed by atoms with E-state index in [1.165, 1.54) is 56.1 Å². The molecular formula is C16H36NO2+. The van der Waals surface area contributed by atoms with Crippen molar-refractivity contribution in [2.75, 3.05) is 53.6 Å². The van der Waals surface area contributed by atoms with Gasteiger partial charge in [0.05, 0.1) is 26.3 Å². The fraction of sp³-hybridized carbons (Fsp3) is 1.00. The van der Waals surface area contributed by atoms with Gasteiger partial charge in [-0.25, -0.2) is 0 Å². The lowest BCUT2D eigenvalue weighted by molar-refractivity contribution is -0.929. The summed E-state index contributed by atoms with van der Waals surface area (Å²) in [5.74, 6) is 0.